The lowest BCUT2D eigenvalue weighted by atomic mass is 9.72. The lowest BCUT2D eigenvalue weighted by Crippen LogP contribution is -2.29. The number of carbonyl (C=O) groups excluding carboxylic acids is 1. The van der Waals surface area contributed by atoms with E-state index in [0.29, 0.717) is 21.7 Å². The zero-order valence-electron chi connectivity index (χ0n) is 19.2. The molecule has 0 N–H and O–H groups in total. The fourth-order valence-corrected chi connectivity index (χ4v) is 5.91. The number of thiophene rings is 1. The van der Waals surface area contributed by atoms with Gasteiger partial charge >= 0.3 is 0 Å². The second-order valence-corrected chi connectivity index (χ2v) is 11.0. The number of ketones is 1. The molecule has 1 aliphatic carbocycles. The quantitative estimate of drug-likeness (QED) is 0.377. The minimum absolute atomic E-state index is 0.109. The highest BCUT2D eigenvalue weighted by Gasteiger charge is 2.32. The van der Waals surface area contributed by atoms with Gasteiger partial charge in [0, 0.05) is 10.4 Å². The molecule has 0 aliphatic heterocycles. The summed E-state index contributed by atoms with van der Waals surface area (Å²) < 4.78 is 1.22. The van der Waals surface area contributed by atoms with Crippen LogP contribution in [0, 0.1) is 11.3 Å². The molecule has 4 aromatic rings. The first-order valence-corrected chi connectivity index (χ1v) is 12.2. The van der Waals surface area contributed by atoms with Crippen LogP contribution >= 0.6 is 11.3 Å². The number of Topliss-reactive ketones (excluding diaryl/α,β-unsaturated/α-hetero) is 1. The Hall–Kier alpha value is -3.12. The van der Waals surface area contributed by atoms with Crippen molar-refractivity contribution in [1.82, 2.24) is 15.0 Å². The Bertz CT molecular complexity index is 1380. The van der Waals surface area contributed by atoms with Gasteiger partial charge in [-0.05, 0) is 47.3 Å². The van der Waals surface area contributed by atoms with E-state index in [4.69, 9.17) is 0 Å². The van der Waals surface area contributed by atoms with Gasteiger partial charge in [0.1, 0.15) is 6.54 Å². The summed E-state index contributed by atoms with van der Waals surface area (Å²) >= 11 is 1.59. The van der Waals surface area contributed by atoms with Gasteiger partial charge in [-0.1, -0.05) is 80.6 Å². The van der Waals surface area contributed by atoms with Gasteiger partial charge in [-0.15, -0.1) is 16.4 Å². The van der Waals surface area contributed by atoms with Crippen molar-refractivity contribution in [2.24, 2.45) is 11.3 Å². The van der Waals surface area contributed by atoms with E-state index >= 15 is 0 Å². The summed E-state index contributed by atoms with van der Waals surface area (Å²) in [6, 6.07) is 17.5. The standard InChI is InChI=1S/C27H27N3O2S/c1-27(2,3)20-13-14-21-23(15-20)33-25-24(21)26(32)30(29-28-25)16-22(31)19-11-9-18(10-12-19)17-7-5-4-6-8-17/h4-12,20H,13-16H2,1-3H3. The van der Waals surface area contributed by atoms with Gasteiger partial charge in [0.25, 0.3) is 5.56 Å². The van der Waals surface area contributed by atoms with E-state index in [0.717, 1.165) is 36.0 Å². The lowest BCUT2D eigenvalue weighted by molar-refractivity contribution is 0.0964. The lowest BCUT2D eigenvalue weighted by Gasteiger charge is -2.33. The van der Waals surface area contributed by atoms with Gasteiger partial charge in [0.05, 0.1) is 5.39 Å². The maximum Gasteiger partial charge on any atom is 0.279 e. The van der Waals surface area contributed by atoms with Crippen LogP contribution in [-0.2, 0) is 19.4 Å². The SMILES string of the molecule is CC(C)(C)C1CCc2c(sc3nnn(CC(=O)c4ccc(-c5ccccc5)cc4)c(=O)c23)C1. The second kappa shape index (κ2) is 8.34. The van der Waals surface area contributed by atoms with E-state index < -0.39 is 0 Å². The largest absolute Gasteiger partial charge is 0.292 e. The van der Waals surface area contributed by atoms with Crippen molar-refractivity contribution in [3.63, 3.8) is 0 Å². The van der Waals surface area contributed by atoms with E-state index in [1.54, 1.807) is 23.5 Å². The predicted octanol–water partition coefficient (Wildman–Crippen LogP) is 5.55. The van der Waals surface area contributed by atoms with Gasteiger partial charge in [0.2, 0.25) is 0 Å². The van der Waals surface area contributed by atoms with Crippen LogP contribution in [0.1, 0.15) is 48.0 Å². The maximum absolute atomic E-state index is 13.3. The number of aryl methyl sites for hydroxylation is 1. The Morgan fingerprint density at radius 3 is 2.45 bits per heavy atom. The summed E-state index contributed by atoms with van der Waals surface area (Å²) in [5, 5.41) is 9.06. The van der Waals surface area contributed by atoms with Crippen LogP contribution in [0.5, 0.6) is 0 Å². The number of benzene rings is 2. The van der Waals surface area contributed by atoms with Crippen LogP contribution in [0.4, 0.5) is 0 Å². The minimum Gasteiger partial charge on any atom is -0.292 e. The predicted molar refractivity (Wildman–Crippen MR) is 133 cm³/mol. The number of rotatable bonds is 4. The molecule has 0 saturated carbocycles. The van der Waals surface area contributed by atoms with Gasteiger partial charge in [-0.2, -0.15) is 0 Å². The zero-order valence-corrected chi connectivity index (χ0v) is 20.0. The van der Waals surface area contributed by atoms with E-state index in [1.807, 2.05) is 42.5 Å². The number of carbonyl (C=O) groups is 1. The molecule has 1 atom stereocenters. The second-order valence-electron chi connectivity index (χ2n) is 9.91. The Balaban J connectivity index is 1.40. The number of nitrogens with zero attached hydrogens (tertiary/aromatic N) is 3. The molecule has 5 nitrogen and oxygen atoms in total. The van der Waals surface area contributed by atoms with Gasteiger partial charge in [-0.3, -0.25) is 9.59 Å². The summed E-state index contributed by atoms with van der Waals surface area (Å²) in [7, 11) is 0. The molecule has 0 bridgehead atoms. The number of fused-ring (bicyclic) bond motifs is 3. The summed E-state index contributed by atoms with van der Waals surface area (Å²) in [4.78, 5) is 28.1. The van der Waals surface area contributed by atoms with Crippen LogP contribution < -0.4 is 5.56 Å². The normalized spacial score (nSPS) is 16.0. The summed E-state index contributed by atoms with van der Waals surface area (Å²) in [6.45, 7) is 6.73. The van der Waals surface area contributed by atoms with Gasteiger partial charge in [0.15, 0.2) is 10.6 Å². The van der Waals surface area contributed by atoms with Crippen molar-refractivity contribution >= 4 is 27.3 Å². The molecule has 2 aromatic carbocycles. The number of aromatic nitrogens is 3. The first kappa shape index (κ1) is 21.7. The van der Waals surface area contributed by atoms with Gasteiger partial charge < -0.3 is 0 Å². The van der Waals surface area contributed by atoms with Crippen molar-refractivity contribution in [3.05, 3.63) is 81.0 Å². The maximum atomic E-state index is 13.3. The molecule has 33 heavy (non-hydrogen) atoms. The highest BCUT2D eigenvalue weighted by Crippen LogP contribution is 2.41. The Morgan fingerprint density at radius 1 is 1.06 bits per heavy atom. The average molecular weight is 458 g/mol. The summed E-state index contributed by atoms with van der Waals surface area (Å²) in [5.41, 5.74) is 3.85. The van der Waals surface area contributed by atoms with Crippen molar-refractivity contribution in [3.8, 4) is 11.1 Å². The van der Waals surface area contributed by atoms with Crippen molar-refractivity contribution in [2.45, 2.75) is 46.6 Å². The zero-order chi connectivity index (χ0) is 23.2. The monoisotopic (exact) mass is 457 g/mol. The molecule has 2 aromatic heterocycles. The highest BCUT2D eigenvalue weighted by atomic mass is 32.1. The molecule has 0 amide bonds. The Kier molecular flexibility index (Phi) is 5.49. The van der Waals surface area contributed by atoms with E-state index in [9.17, 15) is 9.59 Å². The smallest absolute Gasteiger partial charge is 0.279 e. The molecule has 1 unspecified atom stereocenters. The van der Waals surface area contributed by atoms with Crippen LogP contribution in [0.2, 0.25) is 0 Å². The van der Waals surface area contributed by atoms with E-state index in [2.05, 4.69) is 31.1 Å². The Labute approximate surface area is 197 Å². The molecule has 2 heterocycles. The first-order valence-electron chi connectivity index (χ1n) is 11.4. The van der Waals surface area contributed by atoms with Crippen molar-refractivity contribution < 1.29 is 4.79 Å². The van der Waals surface area contributed by atoms with Crippen molar-refractivity contribution in [2.75, 3.05) is 0 Å². The van der Waals surface area contributed by atoms with Crippen LogP contribution in [0.15, 0.2) is 59.4 Å². The summed E-state index contributed by atoms with van der Waals surface area (Å²) in [6.07, 6.45) is 2.93. The van der Waals surface area contributed by atoms with Gasteiger partial charge in [-0.25, -0.2) is 4.68 Å². The minimum atomic E-state index is -0.207. The van der Waals surface area contributed by atoms with Crippen LogP contribution in [-0.4, -0.2) is 20.8 Å². The van der Waals surface area contributed by atoms with Crippen LogP contribution in [0.3, 0.4) is 0 Å². The number of hydrogen-bond acceptors (Lipinski definition) is 5. The fraction of sp³-hybridized carbons (Fsp3) is 0.333. The molecule has 0 spiro atoms. The Morgan fingerprint density at radius 2 is 1.76 bits per heavy atom. The topological polar surface area (TPSA) is 64.8 Å². The molecule has 168 valence electrons. The number of hydrogen-bond donors (Lipinski definition) is 0. The van der Waals surface area contributed by atoms with E-state index in [-0.39, 0.29) is 23.3 Å². The van der Waals surface area contributed by atoms with Crippen LogP contribution in [0.25, 0.3) is 21.3 Å². The molecule has 0 radical (unpaired) electrons. The molecule has 5 rings (SSSR count). The molecular formula is C27H27N3O2S. The van der Waals surface area contributed by atoms with Crippen molar-refractivity contribution in [1.29, 1.82) is 0 Å². The van der Waals surface area contributed by atoms with E-state index in [1.165, 1.54) is 9.56 Å². The first-order chi connectivity index (χ1) is 15.8. The summed E-state index contributed by atoms with van der Waals surface area (Å²) in [5.74, 6) is 0.441. The third-order valence-corrected chi connectivity index (χ3v) is 7.91. The third kappa shape index (κ3) is 4.15. The average Bonchev–Trinajstić information content (AvgIpc) is 3.19. The highest BCUT2D eigenvalue weighted by molar-refractivity contribution is 7.18. The third-order valence-electron chi connectivity index (χ3n) is 6.77. The molecule has 0 saturated heterocycles. The molecular weight excluding hydrogens is 430 g/mol. The molecule has 6 heteroatoms. The molecule has 1 aliphatic rings. The fourth-order valence-electron chi connectivity index (χ4n) is 4.68. The molecule has 0 fully saturated rings.